The van der Waals surface area contributed by atoms with Crippen molar-refractivity contribution < 1.29 is 176 Å². The number of ether oxygens (including phenoxy) is 8. The van der Waals surface area contributed by atoms with Gasteiger partial charge < -0.3 is 176 Å². The molecule has 0 aromatic carbocycles. The number of rotatable bonds is 13. The summed E-state index contributed by atoms with van der Waals surface area (Å²) in [5.41, 5.74) is 0. The van der Waals surface area contributed by atoms with Gasteiger partial charge in [0, 0.05) is 78.2 Å². The summed E-state index contributed by atoms with van der Waals surface area (Å²) >= 11 is 0. The van der Waals surface area contributed by atoms with Crippen LogP contribution < -0.4 is 0 Å². The molecule has 27 N–H and O–H groups in total. The number of fused-ring (bicyclic) bond motifs is 26. The number of aliphatic hydroxyl groups excluding tert-OH is 27. The molecule has 0 saturated carbocycles. The van der Waals surface area contributed by atoms with Crippen molar-refractivity contribution in [2.24, 2.45) is 0 Å². The molecule has 3 aliphatic heterocycles. The van der Waals surface area contributed by atoms with E-state index in [2.05, 4.69) is 0 Å². The lowest BCUT2D eigenvalue weighted by atomic mass is 9.98. The maximum absolute atomic E-state index is 11.0. The van der Waals surface area contributed by atoms with Gasteiger partial charge in [-0.25, -0.2) is 0 Å². The highest BCUT2D eigenvalue weighted by atomic mass is 16.7. The minimum Gasteiger partial charge on any atom is -0.506 e. The van der Waals surface area contributed by atoms with Crippen LogP contribution in [0, 0.1) is 0 Å². The van der Waals surface area contributed by atoms with E-state index in [0.29, 0.717) is 0 Å². The predicted molar refractivity (Wildman–Crippen MR) is 242 cm³/mol. The fourth-order valence-electron chi connectivity index (χ4n) is 6.88. The Kier molecular flexibility index (Phi) is 29.1. The Morgan fingerprint density at radius 1 is 0.247 bits per heavy atom. The molecule has 0 amide bonds. The van der Waals surface area contributed by atoms with Gasteiger partial charge >= 0.3 is 0 Å². The van der Waals surface area contributed by atoms with Crippen LogP contribution in [0.4, 0.5) is 0 Å². The van der Waals surface area contributed by atoms with E-state index in [0.717, 1.165) is 0 Å². The van der Waals surface area contributed by atoms with Gasteiger partial charge in [-0.1, -0.05) is 0 Å². The van der Waals surface area contributed by atoms with Crippen molar-refractivity contribution in [3.05, 3.63) is 69.1 Å². The van der Waals surface area contributed by atoms with E-state index in [-0.39, 0.29) is 0 Å². The maximum Gasteiger partial charge on any atom is 0.218 e. The van der Waals surface area contributed by atoms with E-state index in [9.17, 15) is 138 Å². The van der Waals surface area contributed by atoms with E-state index in [1.807, 2.05) is 0 Å². The van der Waals surface area contributed by atoms with Crippen LogP contribution in [0.3, 0.4) is 0 Å². The van der Waals surface area contributed by atoms with Crippen LogP contribution >= 0.6 is 0 Å². The molecule has 448 valence electrons. The number of aliphatic hydroxyl groups is 27. The summed E-state index contributed by atoms with van der Waals surface area (Å²) in [4.78, 5) is 0. The summed E-state index contributed by atoms with van der Waals surface area (Å²) < 4.78 is 41.1. The highest BCUT2D eigenvalue weighted by Crippen LogP contribution is 2.31. The zero-order valence-corrected chi connectivity index (χ0v) is 40.3. The normalized spacial score (nSPS) is 40.5. The Bertz CT molecular complexity index is 1990. The molecule has 0 aromatic heterocycles. The molecule has 3 heterocycles. The third-order valence-electron chi connectivity index (χ3n) is 11.0. The van der Waals surface area contributed by atoms with Crippen molar-refractivity contribution in [1.82, 2.24) is 0 Å². The Hall–Kier alpha value is -4.88. The second-order valence-electron chi connectivity index (χ2n) is 16.4. The summed E-state index contributed by atoms with van der Waals surface area (Å²) in [7, 11) is 0. The average molecular weight is 1130 g/mol. The lowest BCUT2D eigenvalue weighted by Gasteiger charge is -2.43. The SMILES string of the molecule is OCCC1OC(O)/C(O)=C(\O)C(CCO)OC(O)/C(O)=C(/O)C(CCO)OC2OC(CO)C(OC(O)/C(O)=C(/O)C(CCO)OC(O)/C(O)=C(\O)C(CCO)OC(O)/C(O)=C(\O)C(CCO)OC(O)/C(O)=C\1O)[C@@H](O)C2O. The minimum atomic E-state index is -2.86. The lowest BCUT2D eigenvalue weighted by Crippen LogP contribution is -2.61. The topological polar surface area (TPSA) is 620 Å². The van der Waals surface area contributed by atoms with Crippen molar-refractivity contribution in [3.63, 3.8) is 0 Å². The Morgan fingerprint density at radius 2 is 0.455 bits per heavy atom. The molecule has 35 nitrogen and oxygen atoms in total. The molecular formula is C42H70O35. The van der Waals surface area contributed by atoms with Crippen LogP contribution in [-0.2, 0) is 37.9 Å². The zero-order chi connectivity index (χ0) is 58.6. The van der Waals surface area contributed by atoms with Gasteiger partial charge in [0.25, 0.3) is 0 Å². The van der Waals surface area contributed by atoms with Crippen molar-refractivity contribution in [3.8, 4) is 0 Å². The molecule has 0 spiro atoms. The third kappa shape index (κ3) is 18.6. The van der Waals surface area contributed by atoms with Gasteiger partial charge in [0.15, 0.2) is 75.4 Å². The predicted octanol–water partition coefficient (Wildman–Crippen LogP) is -5.69. The molecule has 1 fully saturated rings. The van der Waals surface area contributed by atoms with Gasteiger partial charge in [-0.2, -0.15) is 0 Å². The highest BCUT2D eigenvalue weighted by molar-refractivity contribution is 5.15. The van der Waals surface area contributed by atoms with E-state index < -0.39 is 259 Å². The fraction of sp³-hybridized carbons (Fsp3) is 0.714. The highest BCUT2D eigenvalue weighted by Gasteiger charge is 2.48. The second kappa shape index (κ2) is 32.9. The molecule has 3 aliphatic rings. The second-order valence-corrected chi connectivity index (χ2v) is 16.4. The molecule has 2 bridgehead atoms. The Balaban J connectivity index is 2.87. The molecule has 16 unspecified atom stereocenters. The molecule has 3 rings (SSSR count). The van der Waals surface area contributed by atoms with E-state index in [1.165, 1.54) is 0 Å². The standard InChI is InChI=1S/C42H70O35/c43-7-1-14-21(50)29(58)37(65)72-16(3-9-45)23(52)31(60)39(67)74-18(5-11-47)25(54)33(62)41(69)77-35-20(13-49)76-42(34(63)27(35)56)75-19(6-12-48)26(55)32(61)40(68)73-17(4-10-46)24(53)30(59)38(66)71-15(2-8-44)22(51)28(57)36(64)70-14/h14-20,27,34-69H,1-13H2/b28-22-,29-21+,30-24+,31-23+,32-26-,33-25-/t14?,15?,16?,17?,18?,19?,20?,27-,34?,35?,36?,37?,38?,39?,40?,41?,42?/m0/s1. The van der Waals surface area contributed by atoms with Crippen LogP contribution in [0.2, 0.25) is 0 Å². The van der Waals surface area contributed by atoms with Gasteiger partial charge in [0.05, 0.1) is 6.61 Å². The molecule has 77 heavy (non-hydrogen) atoms. The van der Waals surface area contributed by atoms with Crippen molar-refractivity contribution >= 4 is 0 Å². The first-order chi connectivity index (χ1) is 36.2. The molecule has 0 aromatic rings. The largest absolute Gasteiger partial charge is 0.506 e. The van der Waals surface area contributed by atoms with Crippen LogP contribution in [0.15, 0.2) is 69.1 Å². The summed E-state index contributed by atoms with van der Waals surface area (Å²) in [5, 5.41) is 284. The van der Waals surface area contributed by atoms with Crippen LogP contribution in [0.1, 0.15) is 38.5 Å². The van der Waals surface area contributed by atoms with Crippen LogP contribution in [0.25, 0.3) is 0 Å². The van der Waals surface area contributed by atoms with E-state index in [1.54, 1.807) is 0 Å². The van der Waals surface area contributed by atoms with Crippen molar-refractivity contribution in [2.75, 3.05) is 46.2 Å². The first-order valence-corrected chi connectivity index (χ1v) is 22.9. The number of hydrogen-bond donors (Lipinski definition) is 27. The molecule has 0 aliphatic carbocycles. The summed E-state index contributed by atoms with van der Waals surface area (Å²) in [5.74, 6) is -19.1. The zero-order valence-electron chi connectivity index (χ0n) is 40.3. The quantitative estimate of drug-likeness (QED) is 0.0817. The number of hydrogen-bond acceptors (Lipinski definition) is 35. The van der Waals surface area contributed by atoms with Crippen LogP contribution in [0.5, 0.6) is 0 Å². The van der Waals surface area contributed by atoms with E-state index in [4.69, 9.17) is 37.9 Å². The van der Waals surface area contributed by atoms with Crippen molar-refractivity contribution in [1.29, 1.82) is 0 Å². The van der Waals surface area contributed by atoms with Gasteiger partial charge in [0.1, 0.15) is 61.0 Å². The summed E-state index contributed by atoms with van der Waals surface area (Å²) in [6.45, 7) is -7.05. The minimum absolute atomic E-state index is 0.762. The maximum atomic E-state index is 11.0. The van der Waals surface area contributed by atoms with Gasteiger partial charge in [-0.05, 0) is 0 Å². The summed E-state index contributed by atoms with van der Waals surface area (Å²) in [6.07, 6.45) is -46.2. The van der Waals surface area contributed by atoms with Gasteiger partial charge in [-0.3, -0.25) is 0 Å². The van der Waals surface area contributed by atoms with Crippen molar-refractivity contribution in [2.45, 2.75) is 144 Å². The van der Waals surface area contributed by atoms with Crippen LogP contribution in [-0.4, -0.2) is 289 Å². The van der Waals surface area contributed by atoms with Gasteiger partial charge in [-0.15, -0.1) is 0 Å². The summed E-state index contributed by atoms with van der Waals surface area (Å²) in [6, 6.07) is 0. The lowest BCUT2D eigenvalue weighted by molar-refractivity contribution is -0.329. The first-order valence-electron chi connectivity index (χ1n) is 22.9. The van der Waals surface area contributed by atoms with E-state index >= 15 is 0 Å². The average Bonchev–Trinajstić information content (AvgIpc) is 3.40. The first kappa shape index (κ1) is 68.2. The molecule has 35 heteroatoms. The molecule has 0 radical (unpaired) electrons. The molecular weight excluding hydrogens is 1060 g/mol. The Labute approximate surface area is 434 Å². The molecule has 1 saturated heterocycles. The smallest absolute Gasteiger partial charge is 0.218 e. The van der Waals surface area contributed by atoms with Gasteiger partial charge in [0.2, 0.25) is 37.7 Å². The third-order valence-corrected chi connectivity index (χ3v) is 11.0. The molecule has 17 atom stereocenters. The monoisotopic (exact) mass is 1130 g/mol. The fourth-order valence-corrected chi connectivity index (χ4v) is 6.88. The Morgan fingerprint density at radius 3 is 0.662 bits per heavy atom.